The zero-order chi connectivity index (χ0) is 17.3. The van der Waals surface area contributed by atoms with Gasteiger partial charge in [0.05, 0.1) is 11.1 Å². The maximum atomic E-state index is 14.0. The van der Waals surface area contributed by atoms with Gasteiger partial charge in [0.25, 0.3) is 0 Å². The number of rotatable bonds is 4. The largest absolute Gasteiger partial charge is 0.326 e. The molecule has 1 fully saturated rings. The minimum absolute atomic E-state index is 0.0645. The molecule has 2 aromatic carbocycles. The Bertz CT molecular complexity index is 801. The van der Waals surface area contributed by atoms with Crippen molar-refractivity contribution >= 4 is 39.1 Å². The first kappa shape index (κ1) is 16.6. The van der Waals surface area contributed by atoms with Crippen molar-refractivity contribution in [2.45, 2.75) is 25.2 Å². The molecule has 2 amide bonds. The van der Waals surface area contributed by atoms with E-state index in [0.29, 0.717) is 5.69 Å². The third-order valence-corrected chi connectivity index (χ3v) is 4.65. The molecule has 1 saturated carbocycles. The van der Waals surface area contributed by atoms with E-state index in [1.54, 1.807) is 0 Å². The molecule has 0 aliphatic heterocycles. The van der Waals surface area contributed by atoms with Crippen molar-refractivity contribution in [3.63, 3.8) is 0 Å². The zero-order valence-electron chi connectivity index (χ0n) is 13.0. The Labute approximate surface area is 147 Å². The van der Waals surface area contributed by atoms with Crippen LogP contribution < -0.4 is 10.6 Å². The van der Waals surface area contributed by atoms with Crippen LogP contribution in [0.4, 0.5) is 15.8 Å². The molecule has 1 aliphatic carbocycles. The molecule has 0 saturated heterocycles. The Balaban J connectivity index is 1.82. The highest BCUT2D eigenvalue weighted by atomic mass is 79.9. The van der Waals surface area contributed by atoms with Crippen LogP contribution >= 0.6 is 15.9 Å². The summed E-state index contributed by atoms with van der Waals surface area (Å²) in [4.78, 5) is 23.8. The van der Waals surface area contributed by atoms with E-state index < -0.39 is 11.2 Å². The number of hydrogen-bond donors (Lipinski definition) is 2. The number of amides is 2. The predicted octanol–water partition coefficient (Wildman–Crippen LogP) is 4.22. The number of anilines is 2. The summed E-state index contributed by atoms with van der Waals surface area (Å²) in [5.41, 5.74) is 0.820. The lowest BCUT2D eigenvalue weighted by molar-refractivity contribution is -0.118. The van der Waals surface area contributed by atoms with Gasteiger partial charge in [-0.2, -0.15) is 0 Å². The Morgan fingerprint density at radius 3 is 2.33 bits per heavy atom. The molecule has 0 heterocycles. The topological polar surface area (TPSA) is 58.2 Å². The first-order valence-corrected chi connectivity index (χ1v) is 8.35. The molecule has 2 N–H and O–H groups in total. The van der Waals surface area contributed by atoms with E-state index in [1.807, 2.05) is 24.3 Å². The lowest BCUT2D eigenvalue weighted by Gasteiger charge is -2.17. The maximum Gasteiger partial charge on any atom is 0.235 e. The van der Waals surface area contributed by atoms with Gasteiger partial charge in [0.1, 0.15) is 5.82 Å². The molecule has 1 aliphatic rings. The van der Waals surface area contributed by atoms with Crippen LogP contribution in [-0.2, 0) is 15.0 Å². The van der Waals surface area contributed by atoms with Crippen molar-refractivity contribution in [2.75, 3.05) is 10.6 Å². The van der Waals surface area contributed by atoms with Crippen LogP contribution in [0, 0.1) is 5.82 Å². The minimum atomic E-state index is -0.600. The highest BCUT2D eigenvalue weighted by Crippen LogP contribution is 2.49. The highest BCUT2D eigenvalue weighted by molar-refractivity contribution is 9.10. The lowest BCUT2D eigenvalue weighted by Crippen LogP contribution is -2.28. The summed E-state index contributed by atoms with van der Waals surface area (Å²) >= 11 is 3.38. The number of hydrogen-bond acceptors (Lipinski definition) is 2. The molecule has 24 heavy (non-hydrogen) atoms. The van der Waals surface area contributed by atoms with Crippen LogP contribution in [0.2, 0.25) is 0 Å². The van der Waals surface area contributed by atoms with Gasteiger partial charge in [0.2, 0.25) is 11.8 Å². The molecule has 0 bridgehead atoms. The minimum Gasteiger partial charge on any atom is -0.326 e. The molecular formula is C18H16BrFN2O2. The molecular weight excluding hydrogens is 375 g/mol. The van der Waals surface area contributed by atoms with Gasteiger partial charge < -0.3 is 10.6 Å². The molecule has 0 unspecified atom stereocenters. The Hall–Kier alpha value is -2.21. The summed E-state index contributed by atoms with van der Waals surface area (Å²) in [6.07, 6.45) is 1.46. The lowest BCUT2D eigenvalue weighted by atomic mass is 9.95. The van der Waals surface area contributed by atoms with Crippen molar-refractivity contribution in [1.82, 2.24) is 0 Å². The van der Waals surface area contributed by atoms with E-state index in [0.717, 1.165) is 22.9 Å². The molecule has 4 nitrogen and oxygen atoms in total. The molecule has 124 valence electrons. The second-order valence-electron chi connectivity index (χ2n) is 5.92. The van der Waals surface area contributed by atoms with E-state index in [2.05, 4.69) is 26.6 Å². The van der Waals surface area contributed by atoms with Crippen molar-refractivity contribution in [3.05, 3.63) is 58.3 Å². The van der Waals surface area contributed by atoms with E-state index in [4.69, 9.17) is 0 Å². The summed E-state index contributed by atoms with van der Waals surface area (Å²) in [6.45, 7) is 1.37. The number of halogens is 2. The Kier molecular flexibility index (Phi) is 4.41. The van der Waals surface area contributed by atoms with Gasteiger partial charge in [-0.15, -0.1) is 0 Å². The van der Waals surface area contributed by atoms with Gasteiger partial charge >= 0.3 is 0 Å². The number of benzene rings is 2. The smallest absolute Gasteiger partial charge is 0.235 e. The second-order valence-corrected chi connectivity index (χ2v) is 6.83. The summed E-state index contributed by atoms with van der Waals surface area (Å²) in [5.74, 6) is -1.03. The van der Waals surface area contributed by atoms with Crippen LogP contribution in [0.1, 0.15) is 25.3 Å². The van der Waals surface area contributed by atoms with E-state index in [1.165, 1.54) is 25.1 Å². The zero-order valence-corrected chi connectivity index (χ0v) is 14.6. The van der Waals surface area contributed by atoms with Crippen LogP contribution in [0.15, 0.2) is 46.9 Å². The van der Waals surface area contributed by atoms with Gasteiger partial charge in [-0.05, 0) is 48.7 Å². The van der Waals surface area contributed by atoms with E-state index in [9.17, 15) is 14.0 Å². The third-order valence-electron chi connectivity index (χ3n) is 4.12. The van der Waals surface area contributed by atoms with Gasteiger partial charge in [0.15, 0.2) is 0 Å². The van der Waals surface area contributed by atoms with Gasteiger partial charge in [-0.3, -0.25) is 9.59 Å². The van der Waals surface area contributed by atoms with Crippen molar-refractivity contribution in [1.29, 1.82) is 0 Å². The fraction of sp³-hybridized carbons (Fsp3) is 0.222. The highest BCUT2D eigenvalue weighted by Gasteiger charge is 2.51. The van der Waals surface area contributed by atoms with Gasteiger partial charge in [-0.25, -0.2) is 4.39 Å². The number of carbonyl (C=O) groups is 2. The van der Waals surface area contributed by atoms with Gasteiger partial charge in [0, 0.05) is 17.1 Å². The number of carbonyl (C=O) groups excluding carboxylic acids is 2. The molecule has 2 aromatic rings. The van der Waals surface area contributed by atoms with Crippen molar-refractivity contribution < 1.29 is 14.0 Å². The summed E-state index contributed by atoms with van der Waals surface area (Å²) < 4.78 is 14.9. The third kappa shape index (κ3) is 3.33. The standard InChI is InChI=1S/C18H16BrFN2O2/c1-11(23)21-14-6-7-15(20)16(10-14)22-17(24)18(8-9-18)12-2-4-13(19)5-3-12/h2-7,10H,8-9H2,1H3,(H,21,23)(H,22,24). The molecule has 6 heteroatoms. The Morgan fingerprint density at radius 1 is 1.08 bits per heavy atom. The first-order chi connectivity index (χ1) is 11.4. The SMILES string of the molecule is CC(=O)Nc1ccc(F)c(NC(=O)C2(c3ccc(Br)cc3)CC2)c1. The molecule has 0 aromatic heterocycles. The maximum absolute atomic E-state index is 14.0. The summed E-state index contributed by atoms with van der Waals surface area (Å²) in [7, 11) is 0. The predicted molar refractivity (Wildman–Crippen MR) is 94.4 cm³/mol. The number of nitrogens with one attached hydrogen (secondary N) is 2. The average molecular weight is 391 g/mol. The van der Waals surface area contributed by atoms with Gasteiger partial charge in [-0.1, -0.05) is 28.1 Å². The van der Waals surface area contributed by atoms with Crippen molar-refractivity contribution in [2.24, 2.45) is 0 Å². The normalized spacial score (nSPS) is 14.8. The monoisotopic (exact) mass is 390 g/mol. The molecule has 0 atom stereocenters. The molecule has 0 spiro atoms. The quantitative estimate of drug-likeness (QED) is 0.820. The van der Waals surface area contributed by atoms with Crippen LogP contribution in [-0.4, -0.2) is 11.8 Å². The first-order valence-electron chi connectivity index (χ1n) is 7.55. The van der Waals surface area contributed by atoms with E-state index in [-0.39, 0.29) is 17.5 Å². The van der Waals surface area contributed by atoms with Crippen LogP contribution in [0.5, 0.6) is 0 Å². The second kappa shape index (κ2) is 6.36. The van der Waals surface area contributed by atoms with Crippen LogP contribution in [0.25, 0.3) is 0 Å². The van der Waals surface area contributed by atoms with Crippen molar-refractivity contribution in [3.8, 4) is 0 Å². The van der Waals surface area contributed by atoms with E-state index >= 15 is 0 Å². The fourth-order valence-corrected chi connectivity index (χ4v) is 2.95. The molecule has 3 rings (SSSR count). The Morgan fingerprint density at radius 2 is 1.75 bits per heavy atom. The molecule has 0 radical (unpaired) electrons. The van der Waals surface area contributed by atoms with Crippen LogP contribution in [0.3, 0.4) is 0 Å². The summed E-state index contributed by atoms with van der Waals surface area (Å²) in [5, 5.41) is 5.24. The average Bonchev–Trinajstić information content (AvgIpc) is 3.32. The summed E-state index contributed by atoms with van der Waals surface area (Å²) in [6, 6.07) is 11.7. The fourth-order valence-electron chi connectivity index (χ4n) is 2.68.